The van der Waals surface area contributed by atoms with Crippen molar-refractivity contribution in [2.24, 2.45) is 5.73 Å². The third-order valence-electron chi connectivity index (χ3n) is 2.15. The molecule has 4 N–H and O–H groups in total. The largest absolute Gasteiger partial charge is 0.502 e. The van der Waals surface area contributed by atoms with Crippen LogP contribution in [0.4, 0.5) is 0 Å². The minimum absolute atomic E-state index is 0.110. The molecule has 84 valence electrons. The van der Waals surface area contributed by atoms with Crippen molar-refractivity contribution in [3.05, 3.63) is 17.7 Å². The Morgan fingerprint density at radius 1 is 1.33 bits per heavy atom. The lowest BCUT2D eigenvalue weighted by Gasteiger charge is -2.16. The fraction of sp³-hybridized carbons (Fsp3) is 0.400. The van der Waals surface area contributed by atoms with Crippen molar-refractivity contribution >= 4 is 0 Å². The highest BCUT2D eigenvalue weighted by molar-refractivity contribution is 5.55. The Labute approximate surface area is 88.0 Å². The number of phenols is 1. The number of hydrogen-bond acceptors (Lipinski definition) is 5. The first-order valence-electron chi connectivity index (χ1n) is 4.46. The number of methoxy groups -OCH3 is 2. The Bertz CT molecular complexity index is 340. The van der Waals surface area contributed by atoms with Crippen molar-refractivity contribution in [1.82, 2.24) is 0 Å². The van der Waals surface area contributed by atoms with Crippen molar-refractivity contribution in [2.75, 3.05) is 20.8 Å². The molecule has 1 aromatic carbocycles. The second kappa shape index (κ2) is 4.86. The lowest BCUT2D eigenvalue weighted by Crippen LogP contribution is -2.15. The minimum Gasteiger partial charge on any atom is -0.502 e. The SMILES string of the molecule is COc1ccc([C@@H](N)CO)c(OC)c1O. The van der Waals surface area contributed by atoms with Crippen molar-refractivity contribution < 1.29 is 19.7 Å². The van der Waals surface area contributed by atoms with Gasteiger partial charge >= 0.3 is 0 Å². The molecule has 0 aliphatic heterocycles. The van der Waals surface area contributed by atoms with Gasteiger partial charge in [-0.2, -0.15) is 0 Å². The molecule has 0 aromatic heterocycles. The first-order chi connectivity index (χ1) is 7.15. The summed E-state index contributed by atoms with van der Waals surface area (Å²) in [6.07, 6.45) is 0. The van der Waals surface area contributed by atoms with Crippen LogP contribution in [-0.2, 0) is 0 Å². The van der Waals surface area contributed by atoms with Crippen molar-refractivity contribution in [1.29, 1.82) is 0 Å². The molecule has 0 aliphatic rings. The quantitative estimate of drug-likeness (QED) is 0.674. The average Bonchev–Trinajstić information content (AvgIpc) is 2.27. The molecule has 0 unspecified atom stereocenters. The van der Waals surface area contributed by atoms with Crippen LogP contribution < -0.4 is 15.2 Å². The third kappa shape index (κ3) is 2.14. The van der Waals surface area contributed by atoms with Crippen LogP contribution in [0.5, 0.6) is 17.2 Å². The molecule has 0 saturated carbocycles. The van der Waals surface area contributed by atoms with Gasteiger partial charge in [0.2, 0.25) is 5.75 Å². The zero-order valence-corrected chi connectivity index (χ0v) is 8.73. The number of phenolic OH excluding ortho intramolecular Hbond substituents is 1. The summed E-state index contributed by atoms with van der Waals surface area (Å²) in [6.45, 7) is -0.220. The molecule has 1 atom stereocenters. The van der Waals surface area contributed by atoms with Gasteiger partial charge in [-0.1, -0.05) is 0 Å². The summed E-state index contributed by atoms with van der Waals surface area (Å²) in [6, 6.07) is 2.64. The van der Waals surface area contributed by atoms with Gasteiger partial charge in [0.25, 0.3) is 0 Å². The number of aromatic hydroxyl groups is 1. The molecule has 1 rings (SSSR count). The predicted molar refractivity (Wildman–Crippen MR) is 55.2 cm³/mol. The first-order valence-corrected chi connectivity index (χ1v) is 4.46. The Morgan fingerprint density at radius 3 is 2.47 bits per heavy atom. The van der Waals surface area contributed by atoms with Gasteiger partial charge in [0.05, 0.1) is 26.9 Å². The van der Waals surface area contributed by atoms with Gasteiger partial charge in [0, 0.05) is 5.56 Å². The summed E-state index contributed by atoms with van der Waals surface area (Å²) in [7, 11) is 2.86. The summed E-state index contributed by atoms with van der Waals surface area (Å²) in [5.41, 5.74) is 6.19. The van der Waals surface area contributed by atoms with Gasteiger partial charge in [0.1, 0.15) is 0 Å². The second-order valence-corrected chi connectivity index (χ2v) is 3.03. The summed E-state index contributed by atoms with van der Waals surface area (Å²) in [5, 5.41) is 18.7. The van der Waals surface area contributed by atoms with Crippen LogP contribution in [0.15, 0.2) is 12.1 Å². The number of hydrogen-bond donors (Lipinski definition) is 3. The molecule has 0 spiro atoms. The molecular weight excluding hydrogens is 198 g/mol. The summed E-state index contributed by atoms with van der Waals surface area (Å²) in [4.78, 5) is 0. The Hall–Kier alpha value is -1.46. The predicted octanol–water partition coefficient (Wildman–Crippen LogP) is 0.402. The van der Waals surface area contributed by atoms with E-state index >= 15 is 0 Å². The first kappa shape index (κ1) is 11.6. The van der Waals surface area contributed by atoms with E-state index in [0.717, 1.165) is 0 Å². The summed E-state index contributed by atoms with van der Waals surface area (Å²) in [5.74, 6) is 0.429. The topological polar surface area (TPSA) is 84.9 Å². The number of rotatable bonds is 4. The van der Waals surface area contributed by atoms with E-state index in [1.54, 1.807) is 12.1 Å². The number of aliphatic hydroxyl groups is 1. The number of aliphatic hydroxyl groups excluding tert-OH is 1. The molecule has 0 saturated heterocycles. The lowest BCUT2D eigenvalue weighted by molar-refractivity contribution is 0.262. The van der Waals surface area contributed by atoms with E-state index in [1.807, 2.05) is 0 Å². The van der Waals surface area contributed by atoms with Gasteiger partial charge < -0.3 is 25.4 Å². The normalized spacial score (nSPS) is 12.3. The zero-order chi connectivity index (χ0) is 11.4. The molecule has 5 heteroatoms. The number of ether oxygens (including phenoxy) is 2. The van der Waals surface area contributed by atoms with Crippen molar-refractivity contribution in [3.63, 3.8) is 0 Å². The van der Waals surface area contributed by atoms with Crippen LogP contribution in [0.2, 0.25) is 0 Å². The van der Waals surface area contributed by atoms with E-state index < -0.39 is 6.04 Å². The Balaban J connectivity index is 3.24. The van der Waals surface area contributed by atoms with E-state index in [2.05, 4.69) is 0 Å². The van der Waals surface area contributed by atoms with E-state index in [0.29, 0.717) is 11.3 Å². The molecule has 0 amide bonds. The fourth-order valence-corrected chi connectivity index (χ4v) is 1.34. The van der Waals surface area contributed by atoms with Crippen LogP contribution in [-0.4, -0.2) is 31.0 Å². The fourth-order valence-electron chi connectivity index (χ4n) is 1.34. The van der Waals surface area contributed by atoms with Crippen LogP contribution in [0.1, 0.15) is 11.6 Å². The third-order valence-corrected chi connectivity index (χ3v) is 2.15. The monoisotopic (exact) mass is 213 g/mol. The zero-order valence-electron chi connectivity index (χ0n) is 8.73. The number of benzene rings is 1. The highest BCUT2D eigenvalue weighted by Crippen LogP contribution is 2.40. The van der Waals surface area contributed by atoms with Gasteiger partial charge in [-0.25, -0.2) is 0 Å². The number of nitrogens with two attached hydrogens (primary N) is 1. The van der Waals surface area contributed by atoms with E-state index in [9.17, 15) is 5.11 Å². The molecule has 0 fully saturated rings. The summed E-state index contributed by atoms with van der Waals surface area (Å²) >= 11 is 0. The van der Waals surface area contributed by atoms with Crippen molar-refractivity contribution in [3.8, 4) is 17.2 Å². The van der Waals surface area contributed by atoms with Crippen LogP contribution >= 0.6 is 0 Å². The van der Waals surface area contributed by atoms with Crippen LogP contribution in [0.25, 0.3) is 0 Å². The van der Waals surface area contributed by atoms with E-state index in [4.69, 9.17) is 20.3 Å². The molecule has 0 radical (unpaired) electrons. The molecule has 15 heavy (non-hydrogen) atoms. The van der Waals surface area contributed by atoms with Crippen LogP contribution in [0, 0.1) is 0 Å². The molecular formula is C10H15NO4. The van der Waals surface area contributed by atoms with Gasteiger partial charge in [-0.3, -0.25) is 0 Å². The van der Waals surface area contributed by atoms with Crippen LogP contribution in [0.3, 0.4) is 0 Å². The lowest BCUT2D eigenvalue weighted by atomic mass is 10.1. The smallest absolute Gasteiger partial charge is 0.201 e. The van der Waals surface area contributed by atoms with E-state index in [1.165, 1.54) is 14.2 Å². The highest BCUT2D eigenvalue weighted by Gasteiger charge is 2.17. The average molecular weight is 213 g/mol. The van der Waals surface area contributed by atoms with Gasteiger partial charge in [0.15, 0.2) is 11.5 Å². The second-order valence-electron chi connectivity index (χ2n) is 3.03. The maximum absolute atomic E-state index is 9.73. The maximum atomic E-state index is 9.73. The Morgan fingerprint density at radius 2 is 2.00 bits per heavy atom. The molecule has 1 aromatic rings. The standard InChI is InChI=1S/C10H15NO4/c1-14-8-4-3-6(7(11)5-12)10(15-2)9(8)13/h3-4,7,12-13H,5,11H2,1-2H3/t7-/m0/s1. The molecule has 0 heterocycles. The Kier molecular flexibility index (Phi) is 3.76. The van der Waals surface area contributed by atoms with Gasteiger partial charge in [-0.05, 0) is 12.1 Å². The van der Waals surface area contributed by atoms with E-state index in [-0.39, 0.29) is 18.1 Å². The molecule has 0 bridgehead atoms. The maximum Gasteiger partial charge on any atom is 0.201 e. The van der Waals surface area contributed by atoms with Crippen molar-refractivity contribution in [2.45, 2.75) is 6.04 Å². The highest BCUT2D eigenvalue weighted by atomic mass is 16.5. The van der Waals surface area contributed by atoms with Gasteiger partial charge in [-0.15, -0.1) is 0 Å². The summed E-state index contributed by atoms with van der Waals surface area (Å²) < 4.78 is 9.94. The molecule has 5 nitrogen and oxygen atoms in total. The molecule has 0 aliphatic carbocycles. The minimum atomic E-state index is -0.586.